The normalized spacial score (nSPS) is 23.1. The van der Waals surface area contributed by atoms with E-state index < -0.39 is 0 Å². The van der Waals surface area contributed by atoms with E-state index in [-0.39, 0.29) is 5.54 Å². The molecule has 5 heterocycles. The quantitative estimate of drug-likeness (QED) is 0.398. The Hall–Kier alpha value is -2.84. The first-order valence-corrected chi connectivity index (χ1v) is 11.8. The van der Waals surface area contributed by atoms with Crippen molar-refractivity contribution in [1.82, 2.24) is 9.47 Å². The first-order chi connectivity index (χ1) is 15.3. The lowest BCUT2D eigenvalue weighted by atomic mass is 9.78. The highest BCUT2D eigenvalue weighted by molar-refractivity contribution is 5.92. The van der Waals surface area contributed by atoms with E-state index in [1.807, 2.05) is 0 Å². The fourth-order valence-corrected chi connectivity index (χ4v) is 6.87. The van der Waals surface area contributed by atoms with E-state index in [4.69, 9.17) is 0 Å². The summed E-state index contributed by atoms with van der Waals surface area (Å²) in [5.41, 5.74) is 10.3. The minimum atomic E-state index is -0.164. The molecule has 0 spiro atoms. The minimum Gasteiger partial charge on any atom is -0.329 e. The minimum absolute atomic E-state index is 0.164. The van der Waals surface area contributed by atoms with E-state index in [1.165, 1.54) is 59.1 Å². The lowest BCUT2D eigenvalue weighted by molar-refractivity contribution is 0.219. The van der Waals surface area contributed by atoms with Gasteiger partial charge >= 0.3 is 0 Å². The van der Waals surface area contributed by atoms with Crippen LogP contribution < -0.4 is 0 Å². The Bertz CT molecular complexity index is 1250. The van der Waals surface area contributed by atoms with Crippen LogP contribution in [0.5, 0.6) is 0 Å². The summed E-state index contributed by atoms with van der Waals surface area (Å²) in [5.74, 6) is 0.666. The van der Waals surface area contributed by atoms with Crippen molar-refractivity contribution in [3.05, 3.63) is 106 Å². The Labute approximate surface area is 184 Å². The molecule has 0 atom stereocenters. The number of rotatable bonds is 2. The second-order valence-corrected chi connectivity index (χ2v) is 9.84. The smallest absolute Gasteiger partial charge is 0.0993 e. The van der Waals surface area contributed by atoms with Gasteiger partial charge in [-0.15, -0.1) is 0 Å². The predicted molar refractivity (Wildman–Crippen MR) is 127 cm³/mol. The standard InChI is InChI=1S/C29H28N2/c1-20-16-22-18-29(23-8-4-2-5-9-23,24-10-6-3-7-11-24)31-27-21-12-14-30(15-13-21)19-26(27)25(17-20)28(22)31/h2-11,16-17,21H,12-15,18-19H2,1H3. The van der Waals surface area contributed by atoms with Crippen LogP contribution in [0.15, 0.2) is 72.8 Å². The largest absolute Gasteiger partial charge is 0.329 e. The molecule has 8 rings (SSSR count). The summed E-state index contributed by atoms with van der Waals surface area (Å²) in [5, 5.41) is 1.51. The van der Waals surface area contributed by atoms with E-state index in [0.717, 1.165) is 13.0 Å². The van der Waals surface area contributed by atoms with Crippen molar-refractivity contribution < 1.29 is 0 Å². The topological polar surface area (TPSA) is 8.17 Å². The third-order valence-electron chi connectivity index (χ3n) is 8.12. The number of piperidine rings is 1. The zero-order valence-corrected chi connectivity index (χ0v) is 18.1. The molecular weight excluding hydrogens is 376 g/mol. The zero-order chi connectivity index (χ0) is 20.6. The molecule has 1 aromatic heterocycles. The van der Waals surface area contributed by atoms with Gasteiger partial charge in [0.1, 0.15) is 0 Å². The summed E-state index contributed by atoms with van der Waals surface area (Å²) < 4.78 is 2.82. The second-order valence-electron chi connectivity index (χ2n) is 9.84. The molecule has 0 amide bonds. The monoisotopic (exact) mass is 404 g/mol. The van der Waals surface area contributed by atoms with Gasteiger partial charge in [-0.2, -0.15) is 0 Å². The van der Waals surface area contributed by atoms with E-state index in [9.17, 15) is 0 Å². The lowest BCUT2D eigenvalue weighted by Gasteiger charge is -2.37. The van der Waals surface area contributed by atoms with Gasteiger partial charge < -0.3 is 4.57 Å². The van der Waals surface area contributed by atoms with Crippen LogP contribution in [0.4, 0.5) is 0 Å². The van der Waals surface area contributed by atoms with Gasteiger partial charge in [0.15, 0.2) is 0 Å². The summed E-state index contributed by atoms with van der Waals surface area (Å²) in [6, 6.07) is 27.5. The SMILES string of the molecule is Cc1cc2c3c(c1)c1c(n3C(c3ccccc3)(c3ccccc3)C2)C2CCN(CC2)C1. The fraction of sp³-hybridized carbons (Fsp3) is 0.310. The van der Waals surface area contributed by atoms with Crippen molar-refractivity contribution in [3.63, 3.8) is 0 Å². The molecule has 31 heavy (non-hydrogen) atoms. The molecule has 2 heteroatoms. The summed E-state index contributed by atoms with van der Waals surface area (Å²) in [6.07, 6.45) is 3.62. The average Bonchev–Trinajstić information content (AvgIpc) is 3.18. The van der Waals surface area contributed by atoms with E-state index in [1.54, 1.807) is 11.3 Å². The van der Waals surface area contributed by atoms with Gasteiger partial charge in [-0.3, -0.25) is 4.90 Å². The van der Waals surface area contributed by atoms with Gasteiger partial charge in [0.25, 0.3) is 0 Å². The highest BCUT2D eigenvalue weighted by atomic mass is 15.2. The molecule has 1 saturated heterocycles. The number of hydrogen-bond donors (Lipinski definition) is 0. The maximum atomic E-state index is 2.82. The Morgan fingerprint density at radius 3 is 2.13 bits per heavy atom. The Morgan fingerprint density at radius 1 is 0.839 bits per heavy atom. The van der Waals surface area contributed by atoms with E-state index in [0.29, 0.717) is 5.92 Å². The highest BCUT2D eigenvalue weighted by Gasteiger charge is 2.47. The van der Waals surface area contributed by atoms with Crippen molar-refractivity contribution in [2.75, 3.05) is 13.1 Å². The van der Waals surface area contributed by atoms with Crippen LogP contribution in [0.25, 0.3) is 10.9 Å². The molecule has 0 aliphatic carbocycles. The van der Waals surface area contributed by atoms with Gasteiger partial charge in [0, 0.05) is 30.0 Å². The van der Waals surface area contributed by atoms with Gasteiger partial charge in [0.05, 0.1) is 11.1 Å². The van der Waals surface area contributed by atoms with Gasteiger partial charge in [-0.05, 0) is 61.2 Å². The van der Waals surface area contributed by atoms with Crippen molar-refractivity contribution in [3.8, 4) is 0 Å². The number of fused-ring (bicyclic) bond motifs is 2. The number of nitrogens with zero attached hydrogens (tertiary/aromatic N) is 2. The van der Waals surface area contributed by atoms with Crippen molar-refractivity contribution >= 4 is 10.9 Å². The zero-order valence-electron chi connectivity index (χ0n) is 18.1. The van der Waals surface area contributed by atoms with Crippen LogP contribution in [0, 0.1) is 6.92 Å². The van der Waals surface area contributed by atoms with Gasteiger partial charge in [0.2, 0.25) is 0 Å². The van der Waals surface area contributed by atoms with Crippen molar-refractivity contribution in [1.29, 1.82) is 0 Å². The van der Waals surface area contributed by atoms with Gasteiger partial charge in [-0.1, -0.05) is 72.3 Å². The molecule has 2 bridgehead atoms. The average molecular weight is 405 g/mol. The Morgan fingerprint density at radius 2 is 1.48 bits per heavy atom. The van der Waals surface area contributed by atoms with Crippen LogP contribution in [0.1, 0.15) is 52.3 Å². The molecule has 1 fully saturated rings. The van der Waals surface area contributed by atoms with E-state index in [2.05, 4.69) is 89.2 Å². The molecule has 0 saturated carbocycles. The summed E-state index contributed by atoms with van der Waals surface area (Å²) in [4.78, 5) is 2.68. The molecule has 0 radical (unpaired) electrons. The highest BCUT2D eigenvalue weighted by Crippen LogP contribution is 2.53. The number of benzene rings is 3. The summed E-state index contributed by atoms with van der Waals surface area (Å²) >= 11 is 0. The summed E-state index contributed by atoms with van der Waals surface area (Å²) in [7, 11) is 0. The number of hydrogen-bond acceptors (Lipinski definition) is 1. The summed E-state index contributed by atoms with van der Waals surface area (Å²) in [6.45, 7) is 5.86. The molecule has 2 nitrogen and oxygen atoms in total. The molecule has 0 unspecified atom stereocenters. The Balaban J connectivity index is 1.64. The number of aromatic nitrogens is 1. The molecule has 4 aliphatic rings. The van der Waals surface area contributed by atoms with Crippen LogP contribution in [-0.2, 0) is 18.5 Å². The molecular formula is C29H28N2. The molecule has 4 aromatic rings. The molecule has 3 aromatic carbocycles. The second kappa shape index (κ2) is 6.34. The maximum absolute atomic E-state index is 2.82. The van der Waals surface area contributed by atoms with Crippen LogP contribution >= 0.6 is 0 Å². The predicted octanol–water partition coefficient (Wildman–Crippen LogP) is 5.99. The first-order valence-electron chi connectivity index (χ1n) is 11.8. The number of aryl methyl sites for hydroxylation is 1. The van der Waals surface area contributed by atoms with Crippen LogP contribution in [0.3, 0.4) is 0 Å². The lowest BCUT2D eigenvalue weighted by Crippen LogP contribution is -2.37. The molecule has 0 N–H and O–H groups in total. The maximum Gasteiger partial charge on any atom is 0.0993 e. The fourth-order valence-electron chi connectivity index (χ4n) is 6.87. The molecule has 154 valence electrons. The van der Waals surface area contributed by atoms with Crippen molar-refractivity contribution in [2.24, 2.45) is 0 Å². The molecule has 4 aliphatic heterocycles. The van der Waals surface area contributed by atoms with Crippen LogP contribution in [-0.4, -0.2) is 22.6 Å². The van der Waals surface area contributed by atoms with Crippen LogP contribution in [0.2, 0.25) is 0 Å². The van der Waals surface area contributed by atoms with Crippen molar-refractivity contribution in [2.45, 2.75) is 44.2 Å². The van der Waals surface area contributed by atoms with E-state index >= 15 is 0 Å². The Kier molecular flexibility index (Phi) is 3.64. The third kappa shape index (κ3) is 2.32. The third-order valence-corrected chi connectivity index (χ3v) is 8.12. The van der Waals surface area contributed by atoms with Gasteiger partial charge in [-0.25, -0.2) is 0 Å². The first kappa shape index (κ1) is 17.8.